The van der Waals surface area contributed by atoms with Gasteiger partial charge < -0.3 is 9.73 Å². The maximum atomic E-state index is 13.1. The van der Waals surface area contributed by atoms with Crippen molar-refractivity contribution >= 4 is 12.0 Å². The first-order valence-corrected chi connectivity index (χ1v) is 7.21. The fourth-order valence-corrected chi connectivity index (χ4v) is 2.61. The Kier molecular flexibility index (Phi) is 4.34. The Bertz CT molecular complexity index is 650. The van der Waals surface area contributed by atoms with Crippen LogP contribution >= 0.6 is 0 Å². The van der Waals surface area contributed by atoms with Gasteiger partial charge in [-0.3, -0.25) is 9.69 Å². The second kappa shape index (κ2) is 6.58. The van der Waals surface area contributed by atoms with E-state index in [-0.39, 0.29) is 11.7 Å². The second-order valence-corrected chi connectivity index (χ2v) is 5.16. The molecule has 1 amide bonds. The highest BCUT2D eigenvalue weighted by Gasteiger charge is 2.30. The zero-order valence-corrected chi connectivity index (χ0v) is 12.0. The Morgan fingerprint density at radius 2 is 2.14 bits per heavy atom. The molecule has 2 heterocycles. The quantitative estimate of drug-likeness (QED) is 0.944. The number of benzene rings is 1. The summed E-state index contributed by atoms with van der Waals surface area (Å²) in [6, 6.07) is 9.40. The number of rotatable bonds is 4. The van der Waals surface area contributed by atoms with Crippen LogP contribution in [0.4, 0.5) is 4.39 Å². The second-order valence-electron chi connectivity index (χ2n) is 5.16. The average molecular weight is 300 g/mol. The number of halogens is 1. The van der Waals surface area contributed by atoms with Gasteiger partial charge in [-0.1, -0.05) is 18.2 Å². The van der Waals surface area contributed by atoms with E-state index in [1.165, 1.54) is 12.1 Å². The lowest BCUT2D eigenvalue weighted by atomic mass is 10.0. The summed E-state index contributed by atoms with van der Waals surface area (Å²) < 4.78 is 18.3. The van der Waals surface area contributed by atoms with Crippen LogP contribution < -0.4 is 5.32 Å². The average Bonchev–Trinajstić information content (AvgIpc) is 3.02. The van der Waals surface area contributed by atoms with Crippen molar-refractivity contribution in [1.29, 1.82) is 0 Å². The number of nitrogens with zero attached hydrogens (tertiary/aromatic N) is 1. The van der Waals surface area contributed by atoms with Crippen LogP contribution in [-0.2, 0) is 4.79 Å². The molecule has 1 fully saturated rings. The van der Waals surface area contributed by atoms with Gasteiger partial charge in [-0.05, 0) is 35.9 Å². The molecule has 22 heavy (non-hydrogen) atoms. The molecule has 1 aromatic carbocycles. The minimum Gasteiger partial charge on any atom is -0.465 e. The van der Waals surface area contributed by atoms with Gasteiger partial charge in [0.05, 0.1) is 6.26 Å². The third kappa shape index (κ3) is 3.26. The lowest BCUT2D eigenvalue weighted by molar-refractivity contribution is -0.128. The number of furan rings is 1. The van der Waals surface area contributed by atoms with Gasteiger partial charge >= 0.3 is 0 Å². The number of nitrogens with one attached hydrogen (secondary N) is 1. The van der Waals surface area contributed by atoms with E-state index >= 15 is 0 Å². The number of amides is 1. The summed E-state index contributed by atoms with van der Waals surface area (Å²) >= 11 is 0. The smallest absolute Gasteiger partial charge is 0.242 e. The van der Waals surface area contributed by atoms with Crippen LogP contribution in [0.3, 0.4) is 0 Å². The van der Waals surface area contributed by atoms with E-state index in [1.54, 1.807) is 18.4 Å². The minimum atomic E-state index is -0.393. The number of piperazine rings is 1. The van der Waals surface area contributed by atoms with Crippen molar-refractivity contribution in [2.75, 3.05) is 19.6 Å². The van der Waals surface area contributed by atoms with Gasteiger partial charge in [0.15, 0.2) is 0 Å². The van der Waals surface area contributed by atoms with Gasteiger partial charge in [-0.25, -0.2) is 4.39 Å². The third-order valence-corrected chi connectivity index (χ3v) is 3.66. The molecule has 0 bridgehead atoms. The Morgan fingerprint density at radius 1 is 1.32 bits per heavy atom. The number of hydrogen-bond donors (Lipinski definition) is 1. The van der Waals surface area contributed by atoms with E-state index in [4.69, 9.17) is 4.42 Å². The first kappa shape index (κ1) is 14.5. The number of carbonyl (C=O) groups excluding carboxylic acids is 1. The fraction of sp³-hybridized carbons (Fsp3) is 0.235. The van der Waals surface area contributed by atoms with E-state index in [9.17, 15) is 9.18 Å². The summed E-state index contributed by atoms with van der Waals surface area (Å²) in [5.74, 6) is 0.424. The molecule has 114 valence electrons. The molecule has 1 saturated heterocycles. The summed E-state index contributed by atoms with van der Waals surface area (Å²) in [6.45, 7) is 1.98. The predicted molar refractivity (Wildman–Crippen MR) is 81.5 cm³/mol. The summed E-state index contributed by atoms with van der Waals surface area (Å²) in [5, 5.41) is 2.86. The highest BCUT2D eigenvalue weighted by molar-refractivity contribution is 5.83. The topological polar surface area (TPSA) is 45.5 Å². The Labute approximate surface area is 128 Å². The third-order valence-electron chi connectivity index (χ3n) is 3.66. The normalized spacial score (nSPS) is 19.5. The van der Waals surface area contributed by atoms with Crippen LogP contribution in [0.25, 0.3) is 6.08 Å². The van der Waals surface area contributed by atoms with Gasteiger partial charge in [0.1, 0.15) is 17.6 Å². The van der Waals surface area contributed by atoms with Gasteiger partial charge in [0.2, 0.25) is 5.91 Å². The molecule has 1 aliphatic heterocycles. The molecule has 0 saturated carbocycles. The Balaban J connectivity index is 1.75. The first-order valence-electron chi connectivity index (χ1n) is 7.21. The van der Waals surface area contributed by atoms with Gasteiger partial charge in [-0.15, -0.1) is 0 Å². The van der Waals surface area contributed by atoms with E-state index in [0.717, 1.165) is 17.9 Å². The highest BCUT2D eigenvalue weighted by atomic mass is 19.1. The van der Waals surface area contributed by atoms with Crippen LogP contribution in [-0.4, -0.2) is 30.4 Å². The summed E-state index contributed by atoms with van der Waals surface area (Å²) in [4.78, 5) is 14.3. The molecule has 0 spiro atoms. The Hall–Kier alpha value is -2.40. The van der Waals surface area contributed by atoms with Crippen molar-refractivity contribution in [2.45, 2.75) is 6.04 Å². The van der Waals surface area contributed by atoms with Crippen LogP contribution in [0, 0.1) is 5.82 Å². The molecule has 0 aliphatic carbocycles. The Morgan fingerprint density at radius 3 is 2.86 bits per heavy atom. The maximum Gasteiger partial charge on any atom is 0.242 e. The van der Waals surface area contributed by atoms with Crippen LogP contribution in [0.1, 0.15) is 17.4 Å². The lowest BCUT2D eigenvalue weighted by Gasteiger charge is -2.34. The van der Waals surface area contributed by atoms with Crippen molar-refractivity contribution in [1.82, 2.24) is 10.2 Å². The predicted octanol–water partition coefficient (Wildman–Crippen LogP) is 2.61. The van der Waals surface area contributed by atoms with Crippen molar-refractivity contribution < 1.29 is 13.6 Å². The zero-order chi connectivity index (χ0) is 15.4. The largest absolute Gasteiger partial charge is 0.465 e. The molecule has 1 N–H and O–H groups in total. The molecule has 1 aromatic heterocycles. The van der Waals surface area contributed by atoms with E-state index in [2.05, 4.69) is 10.2 Å². The molecule has 2 aromatic rings. The van der Waals surface area contributed by atoms with Crippen molar-refractivity contribution in [3.63, 3.8) is 0 Å². The molecular formula is C17H17FN2O2. The van der Waals surface area contributed by atoms with Crippen molar-refractivity contribution in [3.8, 4) is 0 Å². The van der Waals surface area contributed by atoms with E-state index in [0.29, 0.717) is 13.1 Å². The molecule has 1 atom stereocenters. The number of hydrogen-bond acceptors (Lipinski definition) is 3. The summed E-state index contributed by atoms with van der Waals surface area (Å²) in [5.41, 5.74) is 0.796. The molecule has 3 rings (SSSR count). The van der Waals surface area contributed by atoms with Gasteiger partial charge in [0.25, 0.3) is 0 Å². The van der Waals surface area contributed by atoms with E-state index in [1.807, 2.05) is 24.3 Å². The standard InChI is InChI=1S/C17H17FN2O2/c18-14-7-5-13(6-8-14)16-17(21)19-9-11-20(16)10-1-3-15-4-2-12-22-15/h1-8,12,16H,9-11H2,(H,19,21)/b3-1+/t16-/m0/s1. The molecular weight excluding hydrogens is 283 g/mol. The molecule has 5 heteroatoms. The van der Waals surface area contributed by atoms with Gasteiger partial charge in [0, 0.05) is 19.6 Å². The molecule has 1 aliphatic rings. The SMILES string of the molecule is O=C1NCCN(C/C=C/c2ccco2)[C@H]1c1ccc(F)cc1. The fourth-order valence-electron chi connectivity index (χ4n) is 2.61. The molecule has 4 nitrogen and oxygen atoms in total. The first-order chi connectivity index (χ1) is 10.7. The maximum absolute atomic E-state index is 13.1. The van der Waals surface area contributed by atoms with Gasteiger partial charge in [-0.2, -0.15) is 0 Å². The van der Waals surface area contributed by atoms with Crippen molar-refractivity contribution in [3.05, 3.63) is 65.9 Å². The summed E-state index contributed by atoms with van der Waals surface area (Å²) in [6.07, 6.45) is 5.47. The van der Waals surface area contributed by atoms with Crippen LogP contribution in [0.5, 0.6) is 0 Å². The van der Waals surface area contributed by atoms with Crippen molar-refractivity contribution in [2.24, 2.45) is 0 Å². The summed E-state index contributed by atoms with van der Waals surface area (Å²) in [7, 11) is 0. The zero-order valence-electron chi connectivity index (χ0n) is 12.0. The monoisotopic (exact) mass is 300 g/mol. The lowest BCUT2D eigenvalue weighted by Crippen LogP contribution is -2.49. The van der Waals surface area contributed by atoms with Crippen LogP contribution in [0.15, 0.2) is 53.2 Å². The highest BCUT2D eigenvalue weighted by Crippen LogP contribution is 2.23. The minimum absolute atomic E-state index is 0.0516. The molecule has 0 radical (unpaired) electrons. The van der Waals surface area contributed by atoms with E-state index < -0.39 is 6.04 Å². The van der Waals surface area contributed by atoms with Crippen LogP contribution in [0.2, 0.25) is 0 Å². The number of carbonyl (C=O) groups is 1. The molecule has 0 unspecified atom stereocenters.